The molecule has 0 nitrogen and oxygen atoms in total. The number of hydrogen-bond donors (Lipinski definition) is 0. The molecule has 0 saturated heterocycles. The van der Waals surface area contributed by atoms with Crippen LogP contribution in [0, 0.1) is 11.8 Å². The molecular weight excluding hydrogens is 721 g/mol. The van der Waals surface area contributed by atoms with Crippen LogP contribution >= 0.6 is 0 Å². The van der Waals surface area contributed by atoms with E-state index in [2.05, 4.69) is 6.92 Å². The fourth-order valence-electron chi connectivity index (χ4n) is 5.64. The second-order valence-corrected chi connectivity index (χ2v) is 12.4. The van der Waals surface area contributed by atoms with Crippen LogP contribution in [-0.4, -0.2) is 47.6 Å². The molecule has 1 aliphatic carbocycles. The van der Waals surface area contributed by atoms with E-state index >= 15 is 0 Å². The highest BCUT2D eigenvalue weighted by molar-refractivity contribution is 5.30. The molecule has 19 heteroatoms. The van der Waals surface area contributed by atoms with Crippen molar-refractivity contribution in [3.63, 3.8) is 0 Å². The van der Waals surface area contributed by atoms with Crippen LogP contribution in [0.2, 0.25) is 0 Å². The topological polar surface area (TPSA) is 0 Å². The highest BCUT2D eigenvalue weighted by Gasteiger charge is 2.96. The Morgan fingerprint density at radius 2 is 0.816 bits per heavy atom. The van der Waals surface area contributed by atoms with E-state index < -0.39 is 59.1 Å². The Morgan fingerprint density at radius 1 is 0.449 bits per heavy atom. The highest BCUT2D eigenvalue weighted by Crippen LogP contribution is 2.66. The molecule has 0 aliphatic heterocycles. The minimum atomic E-state index is -8.92. The van der Waals surface area contributed by atoms with E-state index in [9.17, 15) is 83.4 Å². The molecule has 1 aromatic rings. The van der Waals surface area contributed by atoms with E-state index in [0.717, 1.165) is 64.2 Å². The Hall–Kier alpha value is -2.11. The molecule has 49 heavy (non-hydrogen) atoms. The van der Waals surface area contributed by atoms with Crippen LogP contribution in [-0.2, 0) is 12.3 Å². The Kier molecular flexibility index (Phi) is 12.7. The van der Waals surface area contributed by atoms with Gasteiger partial charge in [0.25, 0.3) is 0 Å². The summed E-state index contributed by atoms with van der Waals surface area (Å²) in [5.74, 6) is -65.9. The Bertz CT molecular complexity index is 1190. The number of rotatable bonds is 17. The van der Waals surface area contributed by atoms with E-state index in [0.29, 0.717) is 24.5 Å². The first-order valence-electron chi connectivity index (χ1n) is 15.2. The summed E-state index contributed by atoms with van der Waals surface area (Å²) >= 11 is 0. The van der Waals surface area contributed by atoms with Crippen LogP contribution in [0.1, 0.15) is 88.7 Å². The van der Waals surface area contributed by atoms with Gasteiger partial charge in [-0.2, -0.15) is 83.4 Å². The number of benzene rings is 1. The molecule has 1 saturated carbocycles. The summed E-state index contributed by atoms with van der Waals surface area (Å²) in [5.41, 5.74) is -2.11. The van der Waals surface area contributed by atoms with Crippen molar-refractivity contribution >= 4 is 0 Å². The summed E-state index contributed by atoms with van der Waals surface area (Å²) in [6.45, 7) is 2.10. The first kappa shape index (κ1) is 43.1. The maximum Gasteiger partial charge on any atom is 0.460 e. The lowest BCUT2D eigenvalue weighted by Crippen LogP contribution is -2.75. The lowest BCUT2D eigenvalue weighted by molar-refractivity contribution is -0.469. The molecule has 1 aliphatic rings. The fraction of sp³-hybridized carbons (Fsp3) is 0.800. The van der Waals surface area contributed by atoms with E-state index in [1.54, 1.807) is 0 Å². The molecule has 0 bridgehead atoms. The van der Waals surface area contributed by atoms with Crippen LogP contribution in [0.25, 0.3) is 0 Å². The van der Waals surface area contributed by atoms with E-state index in [1.807, 2.05) is 0 Å². The summed E-state index contributed by atoms with van der Waals surface area (Å²) in [6, 6.07) is 1.33. The first-order chi connectivity index (χ1) is 22.0. The van der Waals surface area contributed by atoms with E-state index in [4.69, 9.17) is 0 Å². The molecule has 0 atom stereocenters. The molecule has 0 radical (unpaired) electrons. The van der Waals surface area contributed by atoms with Crippen molar-refractivity contribution in [2.24, 2.45) is 11.8 Å². The van der Waals surface area contributed by atoms with Gasteiger partial charge in [-0.3, -0.25) is 0 Å². The van der Waals surface area contributed by atoms with Crippen molar-refractivity contribution in [3.8, 4) is 0 Å². The average Bonchev–Trinajstić information content (AvgIpc) is 2.99. The van der Waals surface area contributed by atoms with Gasteiger partial charge >= 0.3 is 53.6 Å². The highest BCUT2D eigenvalue weighted by atomic mass is 19.4. The van der Waals surface area contributed by atoms with Crippen molar-refractivity contribution in [1.82, 2.24) is 0 Å². The summed E-state index contributed by atoms with van der Waals surface area (Å²) in [5, 5.41) is 0. The van der Waals surface area contributed by atoms with Gasteiger partial charge in [-0.15, -0.1) is 0 Å². The summed E-state index contributed by atoms with van der Waals surface area (Å²) in [6.07, 6.45) is 2.96. The summed E-state index contributed by atoms with van der Waals surface area (Å²) < 4.78 is 259. The van der Waals surface area contributed by atoms with Gasteiger partial charge in [-0.1, -0.05) is 95.4 Å². The lowest BCUT2D eigenvalue weighted by Gasteiger charge is -2.43. The normalized spacial score (nSPS) is 19.8. The molecular formula is C30H33F19. The third-order valence-electron chi connectivity index (χ3n) is 8.96. The number of halogens is 19. The van der Waals surface area contributed by atoms with Crippen LogP contribution in [0.3, 0.4) is 0 Å². The zero-order chi connectivity index (χ0) is 38.1. The molecule has 0 spiro atoms. The van der Waals surface area contributed by atoms with E-state index in [-0.39, 0.29) is 30.0 Å². The standard InChI is InChI=1S/C30H33F19/c1-2-3-4-5-6-7-18-8-10-19(11-9-18)12-13-20-14-16-21(17-15-20)22(31,32)23(33,34)24(35,36)25(37,38)26(39,40)27(41,42)28(43,44)29(45,46)30(47,48)49/h14-19H,2-13H2,1H3/t18-,19-. The summed E-state index contributed by atoms with van der Waals surface area (Å²) in [4.78, 5) is 0. The van der Waals surface area contributed by atoms with Crippen LogP contribution < -0.4 is 0 Å². The number of alkyl halides is 19. The SMILES string of the molecule is CCCCCCC[C@H]1CC[C@H](CCc2ccc(C(F)(F)C(F)(F)C(F)(F)C(F)(F)C(F)(F)C(F)(F)C(F)(F)C(F)(F)C(F)(F)F)cc2)CC1. The number of hydrogen-bond acceptors (Lipinski definition) is 0. The van der Waals surface area contributed by atoms with Crippen molar-refractivity contribution < 1.29 is 83.4 Å². The molecule has 0 unspecified atom stereocenters. The van der Waals surface area contributed by atoms with Crippen LogP contribution in [0.5, 0.6) is 0 Å². The molecule has 0 heterocycles. The van der Waals surface area contributed by atoms with Crippen molar-refractivity contribution in [2.75, 3.05) is 0 Å². The average molecular weight is 755 g/mol. The van der Waals surface area contributed by atoms with Gasteiger partial charge in [-0.05, 0) is 30.2 Å². The molecule has 286 valence electrons. The fourth-order valence-corrected chi connectivity index (χ4v) is 5.64. The van der Waals surface area contributed by atoms with Gasteiger partial charge in [-0.25, -0.2) is 0 Å². The Morgan fingerprint density at radius 3 is 1.22 bits per heavy atom. The van der Waals surface area contributed by atoms with Gasteiger partial charge in [0.15, 0.2) is 0 Å². The predicted octanol–water partition coefficient (Wildman–Crippen LogP) is 12.9. The number of aryl methyl sites for hydroxylation is 1. The molecule has 1 aromatic carbocycles. The van der Waals surface area contributed by atoms with Crippen molar-refractivity contribution in [1.29, 1.82) is 0 Å². The second kappa shape index (κ2) is 14.5. The maximum atomic E-state index is 14.6. The van der Waals surface area contributed by atoms with Gasteiger partial charge in [0.1, 0.15) is 0 Å². The van der Waals surface area contributed by atoms with Crippen LogP contribution in [0.15, 0.2) is 24.3 Å². The minimum Gasteiger partial charge on any atom is -0.194 e. The zero-order valence-corrected chi connectivity index (χ0v) is 25.6. The maximum absolute atomic E-state index is 14.6. The third-order valence-corrected chi connectivity index (χ3v) is 8.96. The third kappa shape index (κ3) is 7.59. The smallest absolute Gasteiger partial charge is 0.194 e. The lowest BCUT2D eigenvalue weighted by atomic mass is 9.77. The van der Waals surface area contributed by atoms with Crippen molar-refractivity contribution in [3.05, 3.63) is 35.4 Å². The second-order valence-electron chi connectivity index (χ2n) is 12.4. The van der Waals surface area contributed by atoms with E-state index in [1.165, 1.54) is 0 Å². The zero-order valence-electron chi connectivity index (χ0n) is 25.6. The monoisotopic (exact) mass is 754 g/mol. The number of unbranched alkanes of at least 4 members (excludes halogenated alkanes) is 4. The molecule has 0 amide bonds. The van der Waals surface area contributed by atoms with Gasteiger partial charge in [0.05, 0.1) is 0 Å². The predicted molar refractivity (Wildman–Crippen MR) is 138 cm³/mol. The molecule has 0 N–H and O–H groups in total. The van der Waals surface area contributed by atoms with Crippen LogP contribution in [0.4, 0.5) is 83.4 Å². The van der Waals surface area contributed by atoms with Gasteiger partial charge in [0.2, 0.25) is 0 Å². The van der Waals surface area contributed by atoms with Gasteiger partial charge < -0.3 is 0 Å². The Labute approximate surface area is 268 Å². The minimum absolute atomic E-state index is 0.00229. The molecule has 0 aromatic heterocycles. The largest absolute Gasteiger partial charge is 0.460 e. The van der Waals surface area contributed by atoms with Crippen molar-refractivity contribution in [2.45, 2.75) is 138 Å². The quantitative estimate of drug-likeness (QED) is 0.110. The molecule has 2 rings (SSSR count). The van der Waals surface area contributed by atoms with Gasteiger partial charge in [0, 0.05) is 5.56 Å². The Balaban J connectivity index is 2.21. The first-order valence-corrected chi connectivity index (χ1v) is 15.2. The summed E-state index contributed by atoms with van der Waals surface area (Å²) in [7, 11) is 0. The molecule has 1 fully saturated rings.